The van der Waals surface area contributed by atoms with Crippen LogP contribution in [0.15, 0.2) is 30.3 Å². The summed E-state index contributed by atoms with van der Waals surface area (Å²) < 4.78 is 0. The number of rotatable bonds is 0. The third kappa shape index (κ3) is 1.86. The number of allylic oxidation sites excluding steroid dienone is 2. The predicted octanol–water partition coefficient (Wildman–Crippen LogP) is 4.15. The van der Waals surface area contributed by atoms with Crippen molar-refractivity contribution in [1.82, 2.24) is 0 Å². The summed E-state index contributed by atoms with van der Waals surface area (Å²) in [6.07, 6.45) is 4.15. The maximum Gasteiger partial charge on any atom is 0.156 e. The van der Waals surface area contributed by atoms with E-state index in [0.29, 0.717) is 12.3 Å². The lowest BCUT2D eigenvalue weighted by Gasteiger charge is -2.57. The molecule has 2 heteroatoms. The number of hydrogen-bond donors (Lipinski definition) is 1. The Morgan fingerprint density at radius 2 is 1.91 bits per heavy atom. The summed E-state index contributed by atoms with van der Waals surface area (Å²) in [6, 6.07) is 8.09. The first-order valence-electron chi connectivity index (χ1n) is 8.33. The lowest BCUT2D eigenvalue weighted by molar-refractivity contribution is -0.123. The Bertz CT molecular complexity index is 685. The largest absolute Gasteiger partial charge is 0.388 e. The van der Waals surface area contributed by atoms with Crippen molar-refractivity contribution in [1.29, 1.82) is 0 Å². The second-order valence-corrected chi connectivity index (χ2v) is 8.62. The van der Waals surface area contributed by atoms with Crippen LogP contribution in [0.1, 0.15) is 57.3 Å². The van der Waals surface area contributed by atoms with E-state index in [1.807, 2.05) is 24.3 Å². The SMILES string of the molecule is CC1(C)C[C@@H]2[C@H]3C(=CC(=O)C[C@@]3(C)C1)c1ccccc1[C@@H]2O. The molecule has 0 bridgehead atoms. The van der Waals surface area contributed by atoms with E-state index in [4.69, 9.17) is 0 Å². The first kappa shape index (κ1) is 14.2. The zero-order valence-corrected chi connectivity index (χ0v) is 13.6. The zero-order valence-electron chi connectivity index (χ0n) is 13.6. The van der Waals surface area contributed by atoms with Gasteiger partial charge in [-0.15, -0.1) is 0 Å². The molecule has 1 saturated carbocycles. The van der Waals surface area contributed by atoms with Crippen LogP contribution in [0, 0.1) is 22.7 Å². The molecular formula is C20H24O2. The number of aliphatic hydroxyl groups is 1. The number of hydrogen-bond acceptors (Lipinski definition) is 2. The van der Waals surface area contributed by atoms with Crippen LogP contribution in [-0.4, -0.2) is 10.9 Å². The lowest BCUT2D eigenvalue weighted by atomic mass is 9.47. The Labute approximate surface area is 132 Å². The van der Waals surface area contributed by atoms with Crippen molar-refractivity contribution in [3.8, 4) is 0 Å². The molecule has 0 saturated heterocycles. The summed E-state index contributed by atoms with van der Waals surface area (Å²) in [5, 5.41) is 11.0. The smallest absolute Gasteiger partial charge is 0.156 e. The van der Waals surface area contributed by atoms with E-state index >= 15 is 0 Å². The van der Waals surface area contributed by atoms with E-state index < -0.39 is 6.10 Å². The van der Waals surface area contributed by atoms with Gasteiger partial charge in [-0.3, -0.25) is 4.79 Å². The molecule has 0 heterocycles. The molecule has 1 aromatic rings. The Morgan fingerprint density at radius 3 is 2.68 bits per heavy atom. The molecule has 4 atom stereocenters. The number of carbonyl (C=O) groups excluding carboxylic acids is 1. The fourth-order valence-corrected chi connectivity index (χ4v) is 5.83. The Morgan fingerprint density at radius 1 is 1.18 bits per heavy atom. The predicted molar refractivity (Wildman–Crippen MR) is 87.1 cm³/mol. The fraction of sp³-hybridized carbons (Fsp3) is 0.550. The molecule has 1 aromatic carbocycles. The average molecular weight is 296 g/mol. The van der Waals surface area contributed by atoms with Gasteiger partial charge in [-0.25, -0.2) is 0 Å². The molecule has 116 valence electrons. The van der Waals surface area contributed by atoms with Crippen LogP contribution >= 0.6 is 0 Å². The van der Waals surface area contributed by atoms with Crippen molar-refractivity contribution in [3.63, 3.8) is 0 Å². The van der Waals surface area contributed by atoms with Gasteiger partial charge in [-0.05, 0) is 58.3 Å². The van der Waals surface area contributed by atoms with Crippen molar-refractivity contribution in [3.05, 3.63) is 41.5 Å². The molecule has 1 fully saturated rings. The van der Waals surface area contributed by atoms with Gasteiger partial charge in [0.2, 0.25) is 0 Å². The van der Waals surface area contributed by atoms with Crippen LogP contribution in [-0.2, 0) is 4.79 Å². The molecule has 0 unspecified atom stereocenters. The van der Waals surface area contributed by atoms with Gasteiger partial charge < -0.3 is 5.11 Å². The summed E-state index contributed by atoms with van der Waals surface area (Å²) in [7, 11) is 0. The van der Waals surface area contributed by atoms with Gasteiger partial charge in [-0.1, -0.05) is 45.0 Å². The summed E-state index contributed by atoms with van der Waals surface area (Å²) in [6.45, 7) is 6.82. The highest BCUT2D eigenvalue weighted by molar-refractivity contribution is 6.00. The van der Waals surface area contributed by atoms with Gasteiger partial charge in [0, 0.05) is 6.42 Å². The van der Waals surface area contributed by atoms with Crippen LogP contribution in [0.25, 0.3) is 5.57 Å². The summed E-state index contributed by atoms with van der Waals surface area (Å²) >= 11 is 0. The third-order valence-electron chi connectivity index (χ3n) is 6.08. The molecule has 2 nitrogen and oxygen atoms in total. The topological polar surface area (TPSA) is 37.3 Å². The van der Waals surface area contributed by atoms with E-state index in [1.165, 1.54) is 5.57 Å². The lowest BCUT2D eigenvalue weighted by Crippen LogP contribution is -2.50. The summed E-state index contributed by atoms with van der Waals surface area (Å²) in [4.78, 5) is 12.4. The number of fused-ring (bicyclic) bond motifs is 2. The molecule has 0 radical (unpaired) electrons. The van der Waals surface area contributed by atoms with Crippen LogP contribution in [0.2, 0.25) is 0 Å². The summed E-state index contributed by atoms with van der Waals surface area (Å²) in [5.74, 6) is 0.780. The minimum absolute atomic E-state index is 0.0257. The Balaban J connectivity index is 1.96. The molecule has 22 heavy (non-hydrogen) atoms. The van der Waals surface area contributed by atoms with Crippen LogP contribution in [0.3, 0.4) is 0 Å². The second-order valence-electron chi connectivity index (χ2n) is 8.62. The molecule has 4 rings (SSSR count). The van der Waals surface area contributed by atoms with E-state index in [0.717, 1.165) is 24.0 Å². The van der Waals surface area contributed by atoms with Gasteiger partial charge in [0.25, 0.3) is 0 Å². The van der Waals surface area contributed by atoms with E-state index in [9.17, 15) is 9.90 Å². The normalized spacial score (nSPS) is 38.8. The molecule has 3 aliphatic rings. The highest BCUT2D eigenvalue weighted by Crippen LogP contribution is 2.64. The van der Waals surface area contributed by atoms with Gasteiger partial charge >= 0.3 is 0 Å². The van der Waals surface area contributed by atoms with Crippen molar-refractivity contribution in [2.45, 2.75) is 46.1 Å². The van der Waals surface area contributed by atoms with Crippen LogP contribution in [0.4, 0.5) is 0 Å². The van der Waals surface area contributed by atoms with E-state index in [-0.39, 0.29) is 22.5 Å². The van der Waals surface area contributed by atoms with Crippen LogP contribution < -0.4 is 0 Å². The zero-order chi connectivity index (χ0) is 15.7. The average Bonchev–Trinajstić information content (AvgIpc) is 2.41. The maximum atomic E-state index is 12.4. The van der Waals surface area contributed by atoms with Crippen molar-refractivity contribution < 1.29 is 9.90 Å². The molecule has 1 N–H and O–H groups in total. The second kappa shape index (κ2) is 4.32. The van der Waals surface area contributed by atoms with Crippen molar-refractivity contribution >= 4 is 11.4 Å². The van der Waals surface area contributed by atoms with Crippen molar-refractivity contribution in [2.24, 2.45) is 22.7 Å². The fourth-order valence-electron chi connectivity index (χ4n) is 5.83. The molecule has 3 aliphatic carbocycles. The molecule has 0 aliphatic heterocycles. The third-order valence-corrected chi connectivity index (χ3v) is 6.08. The van der Waals surface area contributed by atoms with E-state index in [2.05, 4.69) is 26.8 Å². The van der Waals surface area contributed by atoms with Gasteiger partial charge in [0.15, 0.2) is 5.78 Å². The monoisotopic (exact) mass is 296 g/mol. The summed E-state index contributed by atoms with van der Waals surface area (Å²) in [5.41, 5.74) is 3.42. The van der Waals surface area contributed by atoms with E-state index in [1.54, 1.807) is 0 Å². The highest BCUT2D eigenvalue weighted by Gasteiger charge is 2.56. The quantitative estimate of drug-likeness (QED) is 0.781. The molecule has 0 spiro atoms. The van der Waals surface area contributed by atoms with Gasteiger partial charge in [0.1, 0.15) is 0 Å². The Kier molecular flexibility index (Phi) is 2.79. The Hall–Kier alpha value is -1.41. The van der Waals surface area contributed by atoms with Crippen molar-refractivity contribution in [2.75, 3.05) is 0 Å². The number of benzene rings is 1. The molecule has 0 aromatic heterocycles. The van der Waals surface area contributed by atoms with Gasteiger partial charge in [-0.2, -0.15) is 0 Å². The first-order valence-corrected chi connectivity index (χ1v) is 8.33. The molecular weight excluding hydrogens is 272 g/mol. The number of carbonyl (C=O) groups is 1. The minimum Gasteiger partial charge on any atom is -0.388 e. The minimum atomic E-state index is -0.412. The number of ketones is 1. The standard InChI is InChI=1S/C20H24O2/c1-19(2)10-16-17-15(8-12(21)9-20(17,3)11-19)13-6-4-5-7-14(13)18(16)22/h4-8,16-18,22H,9-11H2,1-3H3/t16-,17-,18+,20+/m1/s1. The van der Waals surface area contributed by atoms with Crippen LogP contribution in [0.5, 0.6) is 0 Å². The van der Waals surface area contributed by atoms with Gasteiger partial charge in [0.05, 0.1) is 6.10 Å². The maximum absolute atomic E-state index is 12.4. The number of aliphatic hydroxyl groups excluding tert-OH is 1. The highest BCUT2D eigenvalue weighted by atomic mass is 16.3. The molecule has 0 amide bonds. The first-order chi connectivity index (χ1) is 10.3.